The summed E-state index contributed by atoms with van der Waals surface area (Å²) in [6, 6.07) is 2.00. The van der Waals surface area contributed by atoms with E-state index in [-0.39, 0.29) is 5.69 Å². The average Bonchev–Trinajstić information content (AvgIpc) is 2.02. The van der Waals surface area contributed by atoms with Crippen LogP contribution in [0.1, 0.15) is 10.5 Å². The maximum atomic E-state index is 11.7. The SMILES string of the molecule is NC(=O)c1ccc(OC(F)(F)F)cn1. The minimum atomic E-state index is -4.77. The highest BCUT2D eigenvalue weighted by atomic mass is 19.4. The topological polar surface area (TPSA) is 65.2 Å². The highest BCUT2D eigenvalue weighted by Crippen LogP contribution is 2.21. The number of rotatable bonds is 2. The van der Waals surface area contributed by atoms with Gasteiger partial charge in [-0.05, 0) is 12.1 Å². The lowest BCUT2D eigenvalue weighted by Gasteiger charge is -2.07. The lowest BCUT2D eigenvalue weighted by atomic mass is 10.3. The molecule has 0 aliphatic heterocycles. The van der Waals surface area contributed by atoms with Gasteiger partial charge < -0.3 is 10.5 Å². The smallest absolute Gasteiger partial charge is 0.404 e. The van der Waals surface area contributed by atoms with Crippen molar-refractivity contribution in [3.8, 4) is 5.75 Å². The standard InChI is InChI=1S/C7H5F3N2O2/c8-7(9,10)14-4-1-2-5(6(11)13)12-3-4/h1-3H,(H2,11,13). The summed E-state index contributed by atoms with van der Waals surface area (Å²) in [5.41, 5.74) is 4.70. The monoisotopic (exact) mass is 206 g/mol. The molecule has 0 radical (unpaired) electrons. The Balaban J connectivity index is 2.79. The molecule has 2 N–H and O–H groups in total. The molecule has 0 atom stereocenters. The zero-order valence-corrected chi connectivity index (χ0v) is 6.71. The summed E-state index contributed by atoms with van der Waals surface area (Å²) in [4.78, 5) is 13.9. The number of aromatic nitrogens is 1. The summed E-state index contributed by atoms with van der Waals surface area (Å²) < 4.78 is 38.5. The fourth-order valence-electron chi connectivity index (χ4n) is 0.720. The van der Waals surface area contributed by atoms with Crippen LogP contribution in [0, 0.1) is 0 Å². The van der Waals surface area contributed by atoms with Gasteiger partial charge in [-0.1, -0.05) is 0 Å². The Labute approximate surface area is 76.5 Å². The summed E-state index contributed by atoms with van der Waals surface area (Å²) in [5.74, 6) is -1.31. The largest absolute Gasteiger partial charge is 0.573 e. The molecule has 1 amide bonds. The summed E-state index contributed by atoms with van der Waals surface area (Å²) in [7, 11) is 0. The molecule has 0 unspecified atom stereocenters. The van der Waals surface area contributed by atoms with E-state index in [2.05, 4.69) is 9.72 Å². The maximum Gasteiger partial charge on any atom is 0.573 e. The molecule has 4 nitrogen and oxygen atoms in total. The summed E-state index contributed by atoms with van der Waals surface area (Å²) in [5, 5.41) is 0. The molecule has 0 fully saturated rings. The van der Waals surface area contributed by atoms with Gasteiger partial charge in [-0.2, -0.15) is 0 Å². The molecule has 0 aromatic carbocycles. The van der Waals surface area contributed by atoms with Crippen LogP contribution < -0.4 is 10.5 Å². The Morgan fingerprint density at radius 1 is 1.43 bits per heavy atom. The van der Waals surface area contributed by atoms with Crippen LogP contribution >= 0.6 is 0 Å². The first-order valence-corrected chi connectivity index (χ1v) is 3.40. The number of carbonyl (C=O) groups is 1. The molecule has 1 aromatic heterocycles. The predicted octanol–water partition coefficient (Wildman–Crippen LogP) is 1.08. The first-order valence-electron chi connectivity index (χ1n) is 3.40. The van der Waals surface area contributed by atoms with Crippen molar-refractivity contribution in [2.45, 2.75) is 6.36 Å². The molecule has 14 heavy (non-hydrogen) atoms. The third kappa shape index (κ3) is 2.92. The normalized spacial score (nSPS) is 11.1. The van der Waals surface area contributed by atoms with Crippen LogP contribution in [0.15, 0.2) is 18.3 Å². The van der Waals surface area contributed by atoms with Crippen LogP contribution in [0.4, 0.5) is 13.2 Å². The summed E-state index contributed by atoms with van der Waals surface area (Å²) in [6.07, 6.45) is -4.00. The van der Waals surface area contributed by atoms with Crippen molar-refractivity contribution in [1.82, 2.24) is 4.98 Å². The highest BCUT2D eigenvalue weighted by molar-refractivity contribution is 5.90. The Morgan fingerprint density at radius 2 is 2.07 bits per heavy atom. The van der Waals surface area contributed by atoms with Crippen molar-refractivity contribution in [2.24, 2.45) is 5.73 Å². The van der Waals surface area contributed by atoms with E-state index in [0.29, 0.717) is 0 Å². The van der Waals surface area contributed by atoms with Crippen LogP contribution in [0.25, 0.3) is 0 Å². The lowest BCUT2D eigenvalue weighted by Crippen LogP contribution is -2.18. The van der Waals surface area contributed by atoms with Crippen molar-refractivity contribution >= 4 is 5.91 Å². The van der Waals surface area contributed by atoms with Crippen LogP contribution in [-0.4, -0.2) is 17.3 Å². The molecule has 1 heterocycles. The summed E-state index contributed by atoms with van der Waals surface area (Å²) in [6.45, 7) is 0. The average molecular weight is 206 g/mol. The minimum Gasteiger partial charge on any atom is -0.404 e. The first-order chi connectivity index (χ1) is 6.38. The van der Waals surface area contributed by atoms with Crippen LogP contribution in [0.5, 0.6) is 5.75 Å². The number of carbonyl (C=O) groups excluding carboxylic acids is 1. The van der Waals surface area contributed by atoms with E-state index in [1.807, 2.05) is 0 Å². The molecule has 0 saturated carbocycles. The number of primary amides is 1. The van der Waals surface area contributed by atoms with E-state index in [9.17, 15) is 18.0 Å². The van der Waals surface area contributed by atoms with Gasteiger partial charge >= 0.3 is 6.36 Å². The van der Waals surface area contributed by atoms with E-state index in [1.165, 1.54) is 0 Å². The van der Waals surface area contributed by atoms with Crippen molar-refractivity contribution in [2.75, 3.05) is 0 Å². The van der Waals surface area contributed by atoms with Crippen LogP contribution in [0.3, 0.4) is 0 Å². The second kappa shape index (κ2) is 3.52. The molecule has 0 spiro atoms. The second-order valence-electron chi connectivity index (χ2n) is 2.29. The van der Waals surface area contributed by atoms with Crippen LogP contribution in [-0.2, 0) is 0 Å². The van der Waals surface area contributed by atoms with Gasteiger partial charge in [-0.3, -0.25) is 4.79 Å². The van der Waals surface area contributed by atoms with Crippen LogP contribution in [0.2, 0.25) is 0 Å². The molecule has 0 aliphatic carbocycles. The first kappa shape index (κ1) is 10.3. The van der Waals surface area contributed by atoms with E-state index >= 15 is 0 Å². The second-order valence-corrected chi connectivity index (χ2v) is 2.29. The summed E-state index contributed by atoms with van der Waals surface area (Å²) >= 11 is 0. The number of nitrogens with zero attached hydrogens (tertiary/aromatic N) is 1. The molecule has 0 saturated heterocycles. The molecular formula is C7H5F3N2O2. The Kier molecular flexibility index (Phi) is 2.59. The number of pyridine rings is 1. The lowest BCUT2D eigenvalue weighted by molar-refractivity contribution is -0.274. The Morgan fingerprint density at radius 3 is 2.43 bits per heavy atom. The predicted molar refractivity (Wildman–Crippen MR) is 39.4 cm³/mol. The third-order valence-electron chi connectivity index (χ3n) is 1.22. The number of hydrogen-bond donors (Lipinski definition) is 1. The quantitative estimate of drug-likeness (QED) is 0.787. The van der Waals surface area contributed by atoms with Gasteiger partial charge in [0, 0.05) is 0 Å². The molecule has 0 bridgehead atoms. The molecule has 76 valence electrons. The zero-order valence-electron chi connectivity index (χ0n) is 6.71. The van der Waals surface area contributed by atoms with Gasteiger partial charge in [0.25, 0.3) is 5.91 Å². The fraction of sp³-hybridized carbons (Fsp3) is 0.143. The van der Waals surface area contributed by atoms with Gasteiger partial charge in [-0.15, -0.1) is 13.2 Å². The minimum absolute atomic E-state index is 0.125. The van der Waals surface area contributed by atoms with Gasteiger partial charge in [0.2, 0.25) is 0 Å². The van der Waals surface area contributed by atoms with E-state index in [0.717, 1.165) is 18.3 Å². The zero-order chi connectivity index (χ0) is 10.8. The Bertz CT molecular complexity index is 334. The van der Waals surface area contributed by atoms with Gasteiger partial charge in [0.05, 0.1) is 6.20 Å². The molecule has 0 aliphatic rings. The number of amides is 1. The molecule has 1 aromatic rings. The highest BCUT2D eigenvalue weighted by Gasteiger charge is 2.31. The fourth-order valence-corrected chi connectivity index (χ4v) is 0.720. The van der Waals surface area contributed by atoms with E-state index in [1.54, 1.807) is 0 Å². The van der Waals surface area contributed by atoms with Crippen molar-refractivity contribution in [1.29, 1.82) is 0 Å². The third-order valence-corrected chi connectivity index (χ3v) is 1.22. The molecular weight excluding hydrogens is 201 g/mol. The number of ether oxygens (including phenoxy) is 1. The van der Waals surface area contributed by atoms with Crippen molar-refractivity contribution in [3.05, 3.63) is 24.0 Å². The van der Waals surface area contributed by atoms with Gasteiger partial charge in [-0.25, -0.2) is 4.98 Å². The number of alkyl halides is 3. The van der Waals surface area contributed by atoms with Crippen molar-refractivity contribution < 1.29 is 22.7 Å². The Hall–Kier alpha value is -1.79. The van der Waals surface area contributed by atoms with E-state index in [4.69, 9.17) is 5.73 Å². The number of hydrogen-bond acceptors (Lipinski definition) is 3. The van der Waals surface area contributed by atoms with Crippen molar-refractivity contribution in [3.63, 3.8) is 0 Å². The molecule has 7 heteroatoms. The number of nitrogens with two attached hydrogens (primary N) is 1. The number of halogens is 3. The molecule has 1 rings (SSSR count). The van der Waals surface area contributed by atoms with E-state index < -0.39 is 18.0 Å². The van der Waals surface area contributed by atoms with Gasteiger partial charge in [0.15, 0.2) is 0 Å². The van der Waals surface area contributed by atoms with Gasteiger partial charge in [0.1, 0.15) is 11.4 Å². The maximum absolute atomic E-state index is 11.7.